The number of sulfonamides is 1. The zero-order valence-corrected chi connectivity index (χ0v) is 17.3. The molecule has 2 aliphatic heterocycles. The molecule has 158 valence electrons. The Morgan fingerprint density at radius 1 is 1.17 bits per heavy atom. The molecule has 0 aliphatic carbocycles. The van der Waals surface area contributed by atoms with Crippen LogP contribution in [0.4, 0.5) is 0 Å². The van der Waals surface area contributed by atoms with Crippen molar-refractivity contribution in [2.75, 3.05) is 32.8 Å². The lowest BCUT2D eigenvalue weighted by Crippen LogP contribution is -2.51. The average molecular weight is 423 g/mol. The summed E-state index contributed by atoms with van der Waals surface area (Å²) in [6.45, 7) is 3.97. The van der Waals surface area contributed by atoms with Crippen LogP contribution in [-0.2, 0) is 29.1 Å². The first kappa shape index (κ1) is 21.3. The lowest BCUT2D eigenvalue weighted by Gasteiger charge is -2.34. The van der Waals surface area contributed by atoms with Crippen molar-refractivity contribution >= 4 is 27.8 Å². The maximum Gasteiger partial charge on any atom is 0.329 e. The molecule has 0 aromatic heterocycles. The monoisotopic (exact) mass is 423 g/mol. The Labute approximate surface area is 170 Å². The molecule has 1 aromatic rings. The highest BCUT2D eigenvalue weighted by Gasteiger charge is 2.32. The van der Waals surface area contributed by atoms with E-state index >= 15 is 0 Å². The fourth-order valence-electron chi connectivity index (χ4n) is 3.42. The molecule has 0 radical (unpaired) electrons. The Morgan fingerprint density at radius 3 is 2.48 bits per heavy atom. The van der Waals surface area contributed by atoms with Crippen molar-refractivity contribution in [3.05, 3.63) is 29.3 Å². The van der Waals surface area contributed by atoms with E-state index < -0.39 is 28.6 Å². The fourth-order valence-corrected chi connectivity index (χ4v) is 5.15. The number of piperazine rings is 1. The van der Waals surface area contributed by atoms with Crippen LogP contribution in [0.2, 0.25) is 0 Å². The van der Waals surface area contributed by atoms with Gasteiger partial charge in [0.25, 0.3) is 5.91 Å². The molecule has 0 spiro atoms. The van der Waals surface area contributed by atoms with Crippen LogP contribution in [-0.4, -0.2) is 74.2 Å². The van der Waals surface area contributed by atoms with Gasteiger partial charge in [-0.15, -0.1) is 0 Å². The van der Waals surface area contributed by atoms with E-state index in [1.807, 2.05) is 13.0 Å². The van der Waals surface area contributed by atoms with Gasteiger partial charge in [-0.05, 0) is 37.5 Å². The van der Waals surface area contributed by atoms with E-state index in [1.165, 1.54) is 9.21 Å². The molecule has 9 nitrogen and oxygen atoms in total. The van der Waals surface area contributed by atoms with Crippen LogP contribution in [0.15, 0.2) is 23.1 Å². The smallest absolute Gasteiger partial charge is 0.329 e. The predicted octanol–water partition coefficient (Wildman–Crippen LogP) is -0.0419. The van der Waals surface area contributed by atoms with E-state index in [4.69, 9.17) is 4.74 Å². The van der Waals surface area contributed by atoms with Gasteiger partial charge in [0.15, 0.2) is 6.61 Å². The highest BCUT2D eigenvalue weighted by molar-refractivity contribution is 7.89. The average Bonchev–Trinajstić information content (AvgIpc) is 3.14. The second kappa shape index (κ2) is 8.50. The van der Waals surface area contributed by atoms with Crippen molar-refractivity contribution in [3.63, 3.8) is 0 Å². The second-order valence-electron chi connectivity index (χ2n) is 7.32. The van der Waals surface area contributed by atoms with Gasteiger partial charge in [-0.1, -0.05) is 12.1 Å². The lowest BCUT2D eigenvalue weighted by molar-refractivity contribution is -0.154. The third-order valence-electron chi connectivity index (χ3n) is 5.17. The minimum atomic E-state index is -3.64. The molecule has 0 unspecified atom stereocenters. The Morgan fingerprint density at radius 2 is 1.86 bits per heavy atom. The first-order valence-electron chi connectivity index (χ1n) is 9.49. The summed E-state index contributed by atoms with van der Waals surface area (Å²) in [5, 5.41) is 2.49. The number of amides is 2. The molecule has 0 bridgehead atoms. The summed E-state index contributed by atoms with van der Waals surface area (Å²) in [6, 6.07) is 4.60. The van der Waals surface area contributed by atoms with Crippen LogP contribution in [0.5, 0.6) is 0 Å². The van der Waals surface area contributed by atoms with Crippen molar-refractivity contribution in [2.24, 2.45) is 0 Å². The lowest BCUT2D eigenvalue weighted by atomic mass is 10.2. The zero-order chi connectivity index (χ0) is 21.2. The summed E-state index contributed by atoms with van der Waals surface area (Å²) in [6.07, 6.45) is 0.630. The molecular formula is C19H25N3O6S. The number of esters is 1. The minimum absolute atomic E-state index is 0.175. The summed E-state index contributed by atoms with van der Waals surface area (Å²) in [5.41, 5.74) is 1.54. The first-order valence-corrected chi connectivity index (χ1v) is 10.9. The largest absolute Gasteiger partial charge is 0.454 e. The molecule has 2 heterocycles. The number of hydrogen-bond acceptors (Lipinski definition) is 6. The number of carbonyl (C=O) groups excluding carboxylic acids is 3. The summed E-state index contributed by atoms with van der Waals surface area (Å²) in [4.78, 5) is 37.1. The van der Waals surface area contributed by atoms with Gasteiger partial charge >= 0.3 is 5.97 Å². The number of ether oxygens (including phenoxy) is 1. The summed E-state index contributed by atoms with van der Waals surface area (Å²) in [5.74, 6) is -1.22. The Hall–Kier alpha value is -2.46. The third kappa shape index (κ3) is 4.76. The van der Waals surface area contributed by atoms with E-state index in [-0.39, 0.29) is 49.3 Å². The molecule has 2 amide bonds. The van der Waals surface area contributed by atoms with Crippen molar-refractivity contribution in [3.8, 4) is 0 Å². The van der Waals surface area contributed by atoms with Gasteiger partial charge < -0.3 is 15.0 Å². The van der Waals surface area contributed by atoms with E-state index in [0.29, 0.717) is 12.0 Å². The topological polar surface area (TPSA) is 113 Å². The number of nitrogens with one attached hydrogen (secondary N) is 1. The predicted molar refractivity (Wildman–Crippen MR) is 103 cm³/mol. The second-order valence-corrected chi connectivity index (χ2v) is 9.23. The van der Waals surface area contributed by atoms with Crippen LogP contribution in [0.3, 0.4) is 0 Å². The van der Waals surface area contributed by atoms with Crippen LogP contribution in [0, 0.1) is 13.8 Å². The van der Waals surface area contributed by atoms with Gasteiger partial charge in [0, 0.05) is 32.6 Å². The van der Waals surface area contributed by atoms with Gasteiger partial charge in [0.1, 0.15) is 6.04 Å². The molecular weight excluding hydrogens is 398 g/mol. The Kier molecular flexibility index (Phi) is 6.23. The van der Waals surface area contributed by atoms with Gasteiger partial charge in [-0.2, -0.15) is 4.31 Å². The van der Waals surface area contributed by atoms with Gasteiger partial charge in [0.05, 0.1) is 4.90 Å². The molecule has 1 atom stereocenters. The number of benzene rings is 1. The van der Waals surface area contributed by atoms with Gasteiger partial charge in [0.2, 0.25) is 15.9 Å². The van der Waals surface area contributed by atoms with Crippen LogP contribution < -0.4 is 5.32 Å². The maximum absolute atomic E-state index is 12.9. The fraction of sp³-hybridized carbons (Fsp3) is 0.526. The van der Waals surface area contributed by atoms with E-state index in [9.17, 15) is 22.8 Å². The quantitative estimate of drug-likeness (QED) is 0.665. The summed E-state index contributed by atoms with van der Waals surface area (Å²) >= 11 is 0. The summed E-state index contributed by atoms with van der Waals surface area (Å²) in [7, 11) is -3.64. The van der Waals surface area contributed by atoms with Crippen molar-refractivity contribution in [1.29, 1.82) is 0 Å². The van der Waals surface area contributed by atoms with E-state index in [0.717, 1.165) is 5.56 Å². The zero-order valence-electron chi connectivity index (χ0n) is 16.5. The highest BCUT2D eigenvalue weighted by Crippen LogP contribution is 2.22. The van der Waals surface area contributed by atoms with Crippen molar-refractivity contribution < 1.29 is 27.5 Å². The first-order chi connectivity index (χ1) is 13.7. The standard InChI is InChI=1S/C19H25N3O6S/c1-13-3-4-14(2)16(11-13)29(26,27)22-9-7-21(8-10-22)18(24)12-28-19(25)15-5-6-17(23)20-15/h3-4,11,15H,5-10,12H2,1-2H3,(H,20,23)/t15-/m0/s1. The number of hydrogen-bond donors (Lipinski definition) is 1. The number of aryl methyl sites for hydroxylation is 2. The van der Waals surface area contributed by atoms with Crippen LogP contribution in [0.25, 0.3) is 0 Å². The minimum Gasteiger partial charge on any atom is -0.454 e. The van der Waals surface area contributed by atoms with Crippen LogP contribution >= 0.6 is 0 Å². The molecule has 29 heavy (non-hydrogen) atoms. The van der Waals surface area contributed by atoms with E-state index in [1.54, 1.807) is 19.1 Å². The Balaban J connectivity index is 1.53. The molecule has 2 fully saturated rings. The normalized spacial score (nSPS) is 20.4. The van der Waals surface area contributed by atoms with Crippen molar-refractivity contribution in [1.82, 2.24) is 14.5 Å². The number of carbonyl (C=O) groups is 3. The molecule has 10 heteroatoms. The van der Waals surface area contributed by atoms with Gasteiger partial charge in [-0.25, -0.2) is 13.2 Å². The molecule has 1 N–H and O–H groups in total. The highest BCUT2D eigenvalue weighted by atomic mass is 32.2. The Bertz CT molecular complexity index is 922. The molecule has 2 saturated heterocycles. The number of nitrogens with zero attached hydrogens (tertiary/aromatic N) is 2. The van der Waals surface area contributed by atoms with Crippen LogP contribution in [0.1, 0.15) is 24.0 Å². The molecule has 3 rings (SSSR count). The number of rotatable bonds is 5. The SMILES string of the molecule is Cc1ccc(C)c(S(=O)(=O)N2CCN(C(=O)COC(=O)[C@@H]3CCC(=O)N3)CC2)c1. The molecule has 2 aliphatic rings. The van der Waals surface area contributed by atoms with Gasteiger partial charge in [-0.3, -0.25) is 9.59 Å². The summed E-state index contributed by atoms with van der Waals surface area (Å²) < 4.78 is 32.3. The maximum atomic E-state index is 12.9. The van der Waals surface area contributed by atoms with E-state index in [2.05, 4.69) is 5.32 Å². The molecule has 0 saturated carbocycles. The third-order valence-corrected chi connectivity index (χ3v) is 7.21. The molecule has 1 aromatic carbocycles. The van der Waals surface area contributed by atoms with Crippen molar-refractivity contribution in [2.45, 2.75) is 37.6 Å².